The third-order valence-electron chi connectivity index (χ3n) is 3.63. The van der Waals surface area contributed by atoms with Gasteiger partial charge in [-0.05, 0) is 46.2 Å². The van der Waals surface area contributed by atoms with Gasteiger partial charge in [0.1, 0.15) is 0 Å². The molecule has 0 aromatic heterocycles. The molecule has 0 bridgehead atoms. The van der Waals surface area contributed by atoms with Crippen LogP contribution in [0.3, 0.4) is 0 Å². The third-order valence-corrected chi connectivity index (χ3v) is 3.63. The lowest BCUT2D eigenvalue weighted by atomic mass is 9.84. The van der Waals surface area contributed by atoms with Crippen LogP contribution >= 0.6 is 0 Å². The van der Waals surface area contributed by atoms with E-state index in [0.717, 1.165) is 19.7 Å². The first-order valence-electron chi connectivity index (χ1n) is 6.67. The van der Waals surface area contributed by atoms with E-state index in [-0.39, 0.29) is 0 Å². The molecule has 1 saturated carbocycles. The van der Waals surface area contributed by atoms with E-state index in [4.69, 9.17) is 10.5 Å². The van der Waals surface area contributed by atoms with Crippen molar-refractivity contribution in [3.63, 3.8) is 0 Å². The molecule has 1 aliphatic rings. The van der Waals surface area contributed by atoms with E-state index < -0.39 is 0 Å². The maximum absolute atomic E-state index is 5.85. The zero-order chi connectivity index (χ0) is 12.0. The van der Waals surface area contributed by atoms with Gasteiger partial charge in [0.15, 0.2) is 0 Å². The number of rotatable bonds is 6. The molecule has 0 amide bonds. The van der Waals surface area contributed by atoms with Gasteiger partial charge in [-0.1, -0.05) is 12.8 Å². The molecule has 3 heteroatoms. The fourth-order valence-corrected chi connectivity index (χ4v) is 2.64. The summed E-state index contributed by atoms with van der Waals surface area (Å²) in [6, 6.07) is 0.675. The van der Waals surface area contributed by atoms with Crippen molar-refractivity contribution in [3.05, 3.63) is 0 Å². The molecule has 96 valence electrons. The Morgan fingerprint density at radius 3 is 2.62 bits per heavy atom. The molecule has 1 fully saturated rings. The average Bonchev–Trinajstić information content (AvgIpc) is 2.28. The summed E-state index contributed by atoms with van der Waals surface area (Å²) >= 11 is 0. The second kappa shape index (κ2) is 7.25. The van der Waals surface area contributed by atoms with Crippen molar-refractivity contribution < 1.29 is 4.74 Å². The molecule has 0 aromatic rings. The molecular formula is C13H28N2O. The Morgan fingerprint density at radius 2 is 2.00 bits per heavy atom. The highest BCUT2D eigenvalue weighted by Gasteiger charge is 2.26. The van der Waals surface area contributed by atoms with E-state index >= 15 is 0 Å². The van der Waals surface area contributed by atoms with Crippen LogP contribution in [0.1, 0.15) is 39.5 Å². The molecule has 0 radical (unpaired) electrons. The van der Waals surface area contributed by atoms with Crippen molar-refractivity contribution in [2.45, 2.75) is 51.7 Å². The Morgan fingerprint density at radius 1 is 1.31 bits per heavy atom. The standard InChI is InChI=1S/C13H28N2O/c1-11(2)16-9-8-15(3)13-7-5-4-6-12(13)10-14/h11-13H,4-10,14H2,1-3H3. The molecule has 16 heavy (non-hydrogen) atoms. The molecule has 1 aliphatic carbocycles. The summed E-state index contributed by atoms with van der Waals surface area (Å²) < 4.78 is 5.60. The predicted octanol–water partition coefficient (Wildman–Crippen LogP) is 1.86. The highest BCUT2D eigenvalue weighted by atomic mass is 16.5. The Kier molecular flexibility index (Phi) is 6.32. The van der Waals surface area contributed by atoms with Crippen LogP contribution in [0.2, 0.25) is 0 Å². The van der Waals surface area contributed by atoms with Gasteiger partial charge in [0.05, 0.1) is 12.7 Å². The maximum atomic E-state index is 5.85. The van der Waals surface area contributed by atoms with Gasteiger partial charge in [-0.2, -0.15) is 0 Å². The van der Waals surface area contributed by atoms with Crippen LogP contribution in [0.5, 0.6) is 0 Å². The van der Waals surface area contributed by atoms with Gasteiger partial charge in [0.2, 0.25) is 0 Å². The molecule has 1 rings (SSSR count). The molecular weight excluding hydrogens is 200 g/mol. The molecule has 0 aromatic carbocycles. The molecule has 2 N–H and O–H groups in total. The van der Waals surface area contributed by atoms with Gasteiger partial charge in [0, 0.05) is 12.6 Å². The summed E-state index contributed by atoms with van der Waals surface area (Å²) in [4.78, 5) is 2.44. The smallest absolute Gasteiger partial charge is 0.0596 e. The van der Waals surface area contributed by atoms with Crippen molar-refractivity contribution >= 4 is 0 Å². The van der Waals surface area contributed by atoms with Crippen LogP contribution in [0.25, 0.3) is 0 Å². The Hall–Kier alpha value is -0.120. The summed E-state index contributed by atoms with van der Waals surface area (Å²) in [6.07, 6.45) is 5.66. The van der Waals surface area contributed by atoms with E-state index in [1.54, 1.807) is 0 Å². The van der Waals surface area contributed by atoms with Gasteiger partial charge in [-0.15, -0.1) is 0 Å². The first kappa shape index (κ1) is 13.9. The maximum Gasteiger partial charge on any atom is 0.0596 e. The van der Waals surface area contributed by atoms with Crippen LogP contribution in [-0.4, -0.2) is 43.8 Å². The lowest BCUT2D eigenvalue weighted by Gasteiger charge is -2.37. The lowest BCUT2D eigenvalue weighted by molar-refractivity contribution is 0.0422. The quantitative estimate of drug-likeness (QED) is 0.754. The number of ether oxygens (including phenoxy) is 1. The van der Waals surface area contributed by atoms with Crippen LogP contribution in [-0.2, 0) is 4.74 Å². The molecule has 0 aliphatic heterocycles. The highest BCUT2D eigenvalue weighted by molar-refractivity contribution is 4.82. The van der Waals surface area contributed by atoms with Gasteiger partial charge >= 0.3 is 0 Å². The predicted molar refractivity (Wildman–Crippen MR) is 68.5 cm³/mol. The van der Waals surface area contributed by atoms with E-state index in [9.17, 15) is 0 Å². The van der Waals surface area contributed by atoms with Gasteiger partial charge in [-0.25, -0.2) is 0 Å². The summed E-state index contributed by atoms with van der Waals surface area (Å²) in [5, 5.41) is 0. The van der Waals surface area contributed by atoms with Crippen molar-refractivity contribution in [2.24, 2.45) is 11.7 Å². The topological polar surface area (TPSA) is 38.5 Å². The second-order valence-electron chi connectivity index (χ2n) is 5.25. The van der Waals surface area contributed by atoms with Gasteiger partial charge < -0.3 is 15.4 Å². The molecule has 3 nitrogen and oxygen atoms in total. The van der Waals surface area contributed by atoms with E-state index in [1.807, 2.05) is 0 Å². The Labute approximate surface area is 100 Å². The average molecular weight is 228 g/mol. The summed E-state index contributed by atoms with van der Waals surface area (Å²) in [5.41, 5.74) is 5.85. The van der Waals surface area contributed by atoms with Crippen molar-refractivity contribution in [3.8, 4) is 0 Å². The minimum Gasteiger partial charge on any atom is -0.377 e. The van der Waals surface area contributed by atoms with E-state index in [1.165, 1.54) is 25.7 Å². The molecule has 0 saturated heterocycles. The summed E-state index contributed by atoms with van der Waals surface area (Å²) in [5.74, 6) is 0.692. The van der Waals surface area contributed by atoms with Gasteiger partial charge in [0.25, 0.3) is 0 Å². The van der Waals surface area contributed by atoms with Crippen molar-refractivity contribution in [2.75, 3.05) is 26.7 Å². The lowest BCUT2D eigenvalue weighted by Crippen LogP contribution is -2.44. The monoisotopic (exact) mass is 228 g/mol. The fraction of sp³-hybridized carbons (Fsp3) is 1.00. The molecule has 2 unspecified atom stereocenters. The van der Waals surface area contributed by atoms with Gasteiger partial charge in [-0.3, -0.25) is 0 Å². The summed E-state index contributed by atoms with van der Waals surface area (Å²) in [6.45, 7) is 6.87. The third kappa shape index (κ3) is 4.40. The normalized spacial score (nSPS) is 26.6. The number of nitrogens with two attached hydrogens (primary N) is 1. The Balaban J connectivity index is 2.29. The van der Waals surface area contributed by atoms with Crippen LogP contribution in [0.15, 0.2) is 0 Å². The fourth-order valence-electron chi connectivity index (χ4n) is 2.64. The zero-order valence-electron chi connectivity index (χ0n) is 11.1. The molecule has 0 spiro atoms. The summed E-state index contributed by atoms with van der Waals surface area (Å²) in [7, 11) is 2.21. The van der Waals surface area contributed by atoms with Crippen LogP contribution < -0.4 is 5.73 Å². The minimum absolute atomic E-state index is 0.338. The van der Waals surface area contributed by atoms with Crippen molar-refractivity contribution in [1.29, 1.82) is 0 Å². The van der Waals surface area contributed by atoms with Crippen LogP contribution in [0, 0.1) is 5.92 Å². The molecule has 0 heterocycles. The number of hydrogen-bond donors (Lipinski definition) is 1. The first-order chi connectivity index (χ1) is 7.65. The SMILES string of the molecule is CC(C)OCCN(C)C1CCCCC1CN. The van der Waals surface area contributed by atoms with Crippen LogP contribution in [0.4, 0.5) is 0 Å². The van der Waals surface area contributed by atoms with E-state index in [2.05, 4.69) is 25.8 Å². The number of likely N-dealkylation sites (N-methyl/N-ethyl adjacent to an activating group) is 1. The minimum atomic E-state index is 0.338. The first-order valence-corrected chi connectivity index (χ1v) is 6.67. The Bertz CT molecular complexity index is 185. The second-order valence-corrected chi connectivity index (χ2v) is 5.25. The van der Waals surface area contributed by atoms with Crippen molar-refractivity contribution in [1.82, 2.24) is 4.90 Å². The highest BCUT2D eigenvalue weighted by Crippen LogP contribution is 2.26. The largest absolute Gasteiger partial charge is 0.377 e. The zero-order valence-corrected chi connectivity index (χ0v) is 11.1. The molecule has 2 atom stereocenters. The number of nitrogens with zero attached hydrogens (tertiary/aromatic N) is 1. The number of hydrogen-bond acceptors (Lipinski definition) is 3. The van der Waals surface area contributed by atoms with E-state index in [0.29, 0.717) is 18.1 Å².